The molecule has 0 aromatic heterocycles. The molecule has 1 saturated carbocycles. The fourth-order valence-corrected chi connectivity index (χ4v) is 2.44. The summed E-state index contributed by atoms with van der Waals surface area (Å²) in [5, 5.41) is 23.8. The van der Waals surface area contributed by atoms with E-state index in [1.165, 1.54) is 6.92 Å². The Morgan fingerprint density at radius 3 is 2.35 bits per heavy atom. The molecule has 0 heterocycles. The van der Waals surface area contributed by atoms with Crippen molar-refractivity contribution in [3.63, 3.8) is 0 Å². The van der Waals surface area contributed by atoms with Gasteiger partial charge < -0.3 is 20.8 Å². The molecule has 1 aliphatic carbocycles. The molecule has 0 aromatic carbocycles. The van der Waals surface area contributed by atoms with Gasteiger partial charge in [0.05, 0.1) is 12.0 Å². The van der Waals surface area contributed by atoms with Gasteiger partial charge in [-0.15, -0.1) is 0 Å². The fourth-order valence-electron chi connectivity index (χ4n) is 2.44. The molecule has 116 valence electrons. The van der Waals surface area contributed by atoms with Gasteiger partial charge in [0.25, 0.3) is 0 Å². The number of urea groups is 1. The maximum Gasteiger partial charge on any atom is 0.315 e. The summed E-state index contributed by atoms with van der Waals surface area (Å²) >= 11 is 0. The maximum absolute atomic E-state index is 11.7. The zero-order valence-corrected chi connectivity index (χ0v) is 12.5. The van der Waals surface area contributed by atoms with Crippen molar-refractivity contribution in [2.75, 3.05) is 6.54 Å². The van der Waals surface area contributed by atoms with Crippen LogP contribution in [0.4, 0.5) is 4.79 Å². The van der Waals surface area contributed by atoms with E-state index >= 15 is 0 Å². The number of hydrogen-bond donors (Lipinski definition) is 4. The van der Waals surface area contributed by atoms with Crippen LogP contribution in [0.1, 0.15) is 52.9 Å². The monoisotopic (exact) mass is 286 g/mol. The van der Waals surface area contributed by atoms with Crippen molar-refractivity contribution in [3.8, 4) is 0 Å². The van der Waals surface area contributed by atoms with Gasteiger partial charge in [0.15, 0.2) is 0 Å². The predicted octanol–water partition coefficient (Wildman–Crippen LogP) is 1.48. The van der Waals surface area contributed by atoms with Gasteiger partial charge in [-0.05, 0) is 38.0 Å². The lowest BCUT2D eigenvalue weighted by molar-refractivity contribution is -0.141. The van der Waals surface area contributed by atoms with Crippen LogP contribution in [0.3, 0.4) is 0 Å². The summed E-state index contributed by atoms with van der Waals surface area (Å²) in [6.45, 7) is 5.77. The summed E-state index contributed by atoms with van der Waals surface area (Å²) in [7, 11) is 0. The Morgan fingerprint density at radius 2 is 1.85 bits per heavy atom. The van der Waals surface area contributed by atoms with Crippen LogP contribution in [0.5, 0.6) is 0 Å². The van der Waals surface area contributed by atoms with Crippen molar-refractivity contribution in [1.29, 1.82) is 0 Å². The number of rotatable bonds is 5. The minimum atomic E-state index is -1.43. The molecule has 4 N–H and O–H groups in total. The highest BCUT2D eigenvalue weighted by atomic mass is 16.4. The lowest BCUT2D eigenvalue weighted by atomic mass is 9.76. The number of amides is 2. The van der Waals surface area contributed by atoms with Gasteiger partial charge in [-0.25, -0.2) is 4.79 Å². The average Bonchev–Trinajstić information content (AvgIpc) is 2.28. The summed E-state index contributed by atoms with van der Waals surface area (Å²) in [5.41, 5.74) is -1.09. The molecule has 0 aliphatic heterocycles. The van der Waals surface area contributed by atoms with Crippen molar-refractivity contribution in [2.24, 2.45) is 5.41 Å². The van der Waals surface area contributed by atoms with Crippen LogP contribution in [0.15, 0.2) is 0 Å². The lowest BCUT2D eigenvalue weighted by Gasteiger charge is -2.34. The molecule has 1 aliphatic rings. The number of carbonyl (C=O) groups excluding carboxylic acids is 1. The Labute approximate surface area is 119 Å². The van der Waals surface area contributed by atoms with E-state index < -0.39 is 18.0 Å². The van der Waals surface area contributed by atoms with Crippen molar-refractivity contribution < 1.29 is 19.8 Å². The van der Waals surface area contributed by atoms with Crippen LogP contribution in [0.25, 0.3) is 0 Å². The Balaban J connectivity index is 2.29. The molecule has 0 saturated heterocycles. The molecule has 1 rings (SSSR count). The molecular formula is C14H26N2O4. The van der Waals surface area contributed by atoms with Crippen molar-refractivity contribution in [3.05, 3.63) is 0 Å². The molecule has 6 nitrogen and oxygen atoms in total. The average molecular weight is 286 g/mol. The second-order valence-electron chi connectivity index (χ2n) is 6.83. The fraction of sp³-hybridized carbons (Fsp3) is 0.857. The highest BCUT2D eigenvalue weighted by Crippen LogP contribution is 2.34. The first-order valence-corrected chi connectivity index (χ1v) is 7.08. The van der Waals surface area contributed by atoms with E-state index in [4.69, 9.17) is 5.11 Å². The van der Waals surface area contributed by atoms with E-state index in [0.717, 1.165) is 25.7 Å². The Morgan fingerprint density at radius 1 is 1.30 bits per heavy atom. The van der Waals surface area contributed by atoms with Crippen LogP contribution < -0.4 is 10.6 Å². The summed E-state index contributed by atoms with van der Waals surface area (Å²) in [4.78, 5) is 22.3. The minimum Gasteiger partial charge on any atom is -0.481 e. The summed E-state index contributed by atoms with van der Waals surface area (Å²) < 4.78 is 0. The van der Waals surface area contributed by atoms with Crippen molar-refractivity contribution in [1.82, 2.24) is 10.6 Å². The predicted molar refractivity (Wildman–Crippen MR) is 75.4 cm³/mol. The molecular weight excluding hydrogens is 260 g/mol. The zero-order valence-electron chi connectivity index (χ0n) is 12.5. The molecule has 1 atom stereocenters. The van der Waals surface area contributed by atoms with Crippen molar-refractivity contribution in [2.45, 2.75) is 64.5 Å². The summed E-state index contributed by atoms with van der Waals surface area (Å²) in [5.74, 6) is -1.09. The molecule has 2 amide bonds. The molecule has 1 unspecified atom stereocenters. The highest BCUT2D eigenvalue weighted by Gasteiger charge is 2.28. The first-order chi connectivity index (χ1) is 9.10. The number of nitrogens with one attached hydrogen (secondary N) is 2. The number of carboxylic acids is 1. The molecule has 6 heteroatoms. The van der Waals surface area contributed by atoms with Crippen LogP contribution in [0, 0.1) is 5.41 Å². The largest absolute Gasteiger partial charge is 0.481 e. The second-order valence-corrected chi connectivity index (χ2v) is 6.83. The zero-order chi connectivity index (χ0) is 15.4. The molecule has 20 heavy (non-hydrogen) atoms. The maximum atomic E-state index is 11.7. The third-order valence-corrected chi connectivity index (χ3v) is 3.84. The molecule has 1 fully saturated rings. The lowest BCUT2D eigenvalue weighted by Crippen LogP contribution is -2.49. The van der Waals surface area contributed by atoms with E-state index in [1.54, 1.807) is 0 Å². The van der Waals surface area contributed by atoms with Gasteiger partial charge in [0, 0.05) is 12.6 Å². The Bertz CT molecular complexity index is 356. The summed E-state index contributed by atoms with van der Waals surface area (Å²) in [6, 6.07) is -0.187. The van der Waals surface area contributed by atoms with Gasteiger partial charge >= 0.3 is 12.0 Å². The highest BCUT2D eigenvalue weighted by molar-refractivity contribution is 5.74. The first-order valence-electron chi connectivity index (χ1n) is 7.08. The smallest absolute Gasteiger partial charge is 0.315 e. The number of carboxylic acid groups (broad SMARTS) is 1. The molecule has 0 radical (unpaired) electrons. The SMILES string of the molecule is CC1(C)CCC(NC(=O)NCC(C)(O)CC(=O)O)CC1. The van der Waals surface area contributed by atoms with Gasteiger partial charge in [0.2, 0.25) is 0 Å². The minimum absolute atomic E-state index is 0.0800. The van der Waals surface area contributed by atoms with Gasteiger partial charge in [-0.3, -0.25) is 4.79 Å². The van der Waals surface area contributed by atoms with E-state index in [9.17, 15) is 14.7 Å². The number of aliphatic carboxylic acids is 1. The second kappa shape index (κ2) is 6.43. The third kappa shape index (κ3) is 6.23. The van der Waals surface area contributed by atoms with Gasteiger partial charge in [0.1, 0.15) is 0 Å². The number of aliphatic hydroxyl groups is 1. The van der Waals surface area contributed by atoms with Crippen molar-refractivity contribution >= 4 is 12.0 Å². The third-order valence-electron chi connectivity index (χ3n) is 3.84. The normalized spacial score (nSPS) is 21.8. The first kappa shape index (κ1) is 16.8. The number of carbonyl (C=O) groups is 2. The summed E-state index contributed by atoms with van der Waals surface area (Å²) in [6.07, 6.45) is 3.66. The molecule has 0 bridgehead atoms. The van der Waals surface area contributed by atoms with Crippen LogP contribution >= 0.6 is 0 Å². The van der Waals surface area contributed by atoms with E-state index in [2.05, 4.69) is 24.5 Å². The van der Waals surface area contributed by atoms with E-state index in [1.807, 2.05) is 0 Å². The number of hydrogen-bond acceptors (Lipinski definition) is 3. The van der Waals surface area contributed by atoms with Crippen LogP contribution in [-0.4, -0.2) is 40.4 Å². The Kier molecular flexibility index (Phi) is 5.39. The molecule has 0 aromatic rings. The van der Waals surface area contributed by atoms with Gasteiger partial charge in [-0.1, -0.05) is 13.8 Å². The molecule has 0 spiro atoms. The van der Waals surface area contributed by atoms with Crippen LogP contribution in [-0.2, 0) is 4.79 Å². The van der Waals surface area contributed by atoms with Gasteiger partial charge in [-0.2, -0.15) is 0 Å². The Hall–Kier alpha value is -1.30. The van der Waals surface area contributed by atoms with E-state index in [0.29, 0.717) is 5.41 Å². The quantitative estimate of drug-likeness (QED) is 0.615. The van der Waals surface area contributed by atoms with E-state index in [-0.39, 0.29) is 18.6 Å². The van der Waals surface area contributed by atoms with Crippen LogP contribution in [0.2, 0.25) is 0 Å². The topological polar surface area (TPSA) is 98.7 Å². The standard InChI is InChI=1S/C14H26N2O4/c1-13(2)6-4-10(5-7-13)16-12(19)15-9-14(3,20)8-11(17)18/h10,20H,4-9H2,1-3H3,(H,17,18)(H2,15,16,19).